The number of aromatic amines is 1. The minimum atomic E-state index is -2.60. The highest BCUT2D eigenvalue weighted by Gasteiger charge is 2.34. The Kier molecular flexibility index (Phi) is 5.51. The highest BCUT2D eigenvalue weighted by Crippen LogP contribution is 2.32. The number of aromatic nitrogens is 2. The lowest BCUT2D eigenvalue weighted by molar-refractivity contribution is -0.0221. The van der Waals surface area contributed by atoms with Crippen LogP contribution in [-0.4, -0.2) is 35.0 Å². The molecule has 6 nitrogen and oxygen atoms in total. The number of fused-ring (bicyclic) bond motifs is 1. The molecular formula is C21H22ClF2N5O. The maximum atomic E-state index is 13.4. The minimum Gasteiger partial charge on any atom is -0.359 e. The lowest BCUT2D eigenvalue weighted by atomic mass is 10.1. The van der Waals surface area contributed by atoms with E-state index >= 15 is 0 Å². The van der Waals surface area contributed by atoms with E-state index in [1.54, 1.807) is 24.5 Å². The third-order valence-corrected chi connectivity index (χ3v) is 5.50. The number of rotatable bonds is 4. The Morgan fingerprint density at radius 3 is 2.77 bits per heavy atom. The Morgan fingerprint density at radius 1 is 1.27 bits per heavy atom. The number of piperidine rings is 1. The van der Waals surface area contributed by atoms with Crippen LogP contribution in [0.15, 0.2) is 36.7 Å². The van der Waals surface area contributed by atoms with Gasteiger partial charge in [-0.1, -0.05) is 18.5 Å². The van der Waals surface area contributed by atoms with Crippen LogP contribution in [0.25, 0.3) is 10.9 Å². The summed E-state index contributed by atoms with van der Waals surface area (Å²) in [5, 5.41) is 6.97. The van der Waals surface area contributed by atoms with Crippen molar-refractivity contribution in [3.63, 3.8) is 0 Å². The monoisotopic (exact) mass is 433 g/mol. The Bertz CT molecular complexity index is 1070. The van der Waals surface area contributed by atoms with E-state index in [-0.39, 0.29) is 25.9 Å². The van der Waals surface area contributed by atoms with Crippen molar-refractivity contribution < 1.29 is 13.6 Å². The zero-order valence-electron chi connectivity index (χ0n) is 16.4. The van der Waals surface area contributed by atoms with E-state index in [1.807, 2.05) is 24.0 Å². The van der Waals surface area contributed by atoms with Crippen molar-refractivity contribution >= 4 is 45.7 Å². The van der Waals surface area contributed by atoms with Crippen LogP contribution >= 0.6 is 11.6 Å². The lowest BCUT2D eigenvalue weighted by Crippen LogP contribution is -2.40. The summed E-state index contributed by atoms with van der Waals surface area (Å²) in [4.78, 5) is 21.9. The number of carbonyl (C=O) groups excluding carboxylic acids is 1. The van der Waals surface area contributed by atoms with Gasteiger partial charge in [0, 0.05) is 48.1 Å². The number of anilines is 3. The zero-order chi connectivity index (χ0) is 21.3. The molecular weight excluding hydrogens is 412 g/mol. The first-order valence-electron chi connectivity index (χ1n) is 9.81. The van der Waals surface area contributed by atoms with Crippen LogP contribution in [0.3, 0.4) is 0 Å². The number of amides is 2. The van der Waals surface area contributed by atoms with Gasteiger partial charge < -0.3 is 20.5 Å². The van der Waals surface area contributed by atoms with Gasteiger partial charge in [0.25, 0.3) is 5.92 Å². The number of benzene rings is 1. The van der Waals surface area contributed by atoms with E-state index in [0.29, 0.717) is 28.6 Å². The molecule has 3 N–H and O–H groups in total. The molecule has 0 atom stereocenters. The number of hydrogen-bond acceptors (Lipinski definition) is 3. The standard InChI is InChI=1S/C21H22ClF2N5O/c1-2-13-9-15(11-26-19(13)29-7-5-21(23,24)6-8-29)27-20(30)28-18-12-25-17-4-3-14(22)10-16(17)18/h3-4,9-12,25H,2,5-8H2,1H3,(H2,27,28,30). The third kappa shape index (κ3) is 4.33. The SMILES string of the molecule is CCc1cc(NC(=O)Nc2c[nH]c3ccc(Cl)cc23)cnc1N1CCC(F)(F)CC1. The van der Waals surface area contributed by atoms with Gasteiger partial charge in [0.2, 0.25) is 0 Å². The van der Waals surface area contributed by atoms with Crippen molar-refractivity contribution in [2.24, 2.45) is 0 Å². The fourth-order valence-corrected chi connectivity index (χ4v) is 3.82. The Labute approximate surface area is 177 Å². The molecule has 3 heterocycles. The van der Waals surface area contributed by atoms with Crippen LogP contribution < -0.4 is 15.5 Å². The number of halogens is 3. The summed E-state index contributed by atoms with van der Waals surface area (Å²) in [6.07, 6.45) is 3.58. The molecule has 1 aliphatic rings. The molecule has 0 unspecified atom stereocenters. The molecule has 0 radical (unpaired) electrons. The normalized spacial score (nSPS) is 15.9. The molecule has 1 aliphatic heterocycles. The van der Waals surface area contributed by atoms with Gasteiger partial charge in [-0.2, -0.15) is 0 Å². The number of hydrogen-bond donors (Lipinski definition) is 3. The highest BCUT2D eigenvalue weighted by atomic mass is 35.5. The zero-order valence-corrected chi connectivity index (χ0v) is 17.2. The van der Waals surface area contributed by atoms with E-state index in [4.69, 9.17) is 11.6 Å². The van der Waals surface area contributed by atoms with Crippen LogP contribution in [0.1, 0.15) is 25.3 Å². The van der Waals surface area contributed by atoms with E-state index in [9.17, 15) is 13.6 Å². The first kappa shape index (κ1) is 20.4. The number of carbonyl (C=O) groups is 1. The van der Waals surface area contributed by atoms with Gasteiger partial charge in [0.05, 0.1) is 17.6 Å². The molecule has 1 saturated heterocycles. The number of nitrogens with one attached hydrogen (secondary N) is 3. The van der Waals surface area contributed by atoms with Crippen molar-refractivity contribution in [1.82, 2.24) is 9.97 Å². The molecule has 4 rings (SSSR count). The molecule has 0 aliphatic carbocycles. The van der Waals surface area contributed by atoms with Gasteiger partial charge in [0.1, 0.15) is 5.82 Å². The topological polar surface area (TPSA) is 73.0 Å². The van der Waals surface area contributed by atoms with Crippen LogP contribution in [-0.2, 0) is 6.42 Å². The van der Waals surface area contributed by atoms with E-state index < -0.39 is 12.0 Å². The Morgan fingerprint density at radius 2 is 2.03 bits per heavy atom. The van der Waals surface area contributed by atoms with Crippen molar-refractivity contribution in [2.75, 3.05) is 28.6 Å². The van der Waals surface area contributed by atoms with Crippen LogP contribution in [0.2, 0.25) is 5.02 Å². The molecule has 0 saturated carbocycles. The summed E-state index contributed by atoms with van der Waals surface area (Å²) in [6, 6.07) is 6.81. The average molecular weight is 434 g/mol. The molecule has 2 aromatic heterocycles. The van der Waals surface area contributed by atoms with Crippen molar-refractivity contribution in [3.8, 4) is 0 Å². The molecule has 3 aromatic rings. The molecule has 2 amide bonds. The maximum absolute atomic E-state index is 13.4. The summed E-state index contributed by atoms with van der Waals surface area (Å²) in [6.45, 7) is 2.51. The van der Waals surface area contributed by atoms with Gasteiger partial charge in [-0.15, -0.1) is 0 Å². The van der Waals surface area contributed by atoms with Gasteiger partial charge in [-0.05, 0) is 36.2 Å². The largest absolute Gasteiger partial charge is 0.359 e. The molecule has 1 aromatic carbocycles. The van der Waals surface area contributed by atoms with Crippen LogP contribution in [0.4, 0.5) is 30.8 Å². The Hall–Kier alpha value is -2.87. The smallest absolute Gasteiger partial charge is 0.323 e. The number of urea groups is 1. The third-order valence-electron chi connectivity index (χ3n) is 5.27. The van der Waals surface area contributed by atoms with Crippen LogP contribution in [0, 0.1) is 0 Å². The maximum Gasteiger partial charge on any atom is 0.323 e. The fourth-order valence-electron chi connectivity index (χ4n) is 3.64. The molecule has 0 spiro atoms. The van der Waals surface area contributed by atoms with Gasteiger partial charge in [-0.3, -0.25) is 0 Å². The molecule has 158 valence electrons. The summed E-state index contributed by atoms with van der Waals surface area (Å²) >= 11 is 6.05. The summed E-state index contributed by atoms with van der Waals surface area (Å²) < 4.78 is 26.9. The van der Waals surface area contributed by atoms with Gasteiger partial charge >= 0.3 is 6.03 Å². The van der Waals surface area contributed by atoms with E-state index in [0.717, 1.165) is 16.5 Å². The van der Waals surface area contributed by atoms with E-state index in [2.05, 4.69) is 20.6 Å². The molecule has 1 fully saturated rings. The van der Waals surface area contributed by atoms with Gasteiger partial charge in [-0.25, -0.2) is 18.6 Å². The number of aryl methyl sites for hydroxylation is 1. The summed E-state index contributed by atoms with van der Waals surface area (Å²) in [5.74, 6) is -1.90. The lowest BCUT2D eigenvalue weighted by Gasteiger charge is -2.33. The second-order valence-electron chi connectivity index (χ2n) is 7.37. The average Bonchev–Trinajstić information content (AvgIpc) is 3.10. The summed E-state index contributed by atoms with van der Waals surface area (Å²) in [7, 11) is 0. The molecule has 0 bridgehead atoms. The number of H-pyrrole nitrogens is 1. The van der Waals surface area contributed by atoms with Crippen molar-refractivity contribution in [3.05, 3.63) is 47.2 Å². The quantitative estimate of drug-likeness (QED) is 0.497. The number of alkyl halides is 2. The van der Waals surface area contributed by atoms with Crippen molar-refractivity contribution in [2.45, 2.75) is 32.1 Å². The van der Waals surface area contributed by atoms with E-state index in [1.165, 1.54) is 0 Å². The molecule has 30 heavy (non-hydrogen) atoms. The predicted molar refractivity (Wildman–Crippen MR) is 116 cm³/mol. The second kappa shape index (κ2) is 8.10. The summed E-state index contributed by atoms with van der Waals surface area (Å²) in [5.41, 5.74) is 2.91. The van der Waals surface area contributed by atoms with Gasteiger partial charge in [0.15, 0.2) is 0 Å². The fraction of sp³-hybridized carbons (Fsp3) is 0.333. The second-order valence-corrected chi connectivity index (χ2v) is 7.81. The number of pyridine rings is 1. The first-order chi connectivity index (χ1) is 14.3. The predicted octanol–water partition coefficient (Wildman–Crippen LogP) is 5.66. The van der Waals surface area contributed by atoms with Crippen molar-refractivity contribution in [1.29, 1.82) is 0 Å². The first-order valence-corrected chi connectivity index (χ1v) is 10.2. The highest BCUT2D eigenvalue weighted by molar-refractivity contribution is 6.31. The minimum absolute atomic E-state index is 0.172. The Balaban J connectivity index is 1.46. The van der Waals surface area contributed by atoms with Crippen LogP contribution in [0.5, 0.6) is 0 Å². The molecule has 9 heteroatoms. The number of nitrogens with zero attached hydrogens (tertiary/aromatic N) is 2.